The van der Waals surface area contributed by atoms with Crippen molar-refractivity contribution in [3.63, 3.8) is 0 Å². The van der Waals surface area contributed by atoms with Crippen LogP contribution in [0.25, 0.3) is 0 Å². The topological polar surface area (TPSA) is 110 Å². The first-order valence-corrected chi connectivity index (χ1v) is 6.67. The van der Waals surface area contributed by atoms with Crippen LogP contribution in [0.15, 0.2) is 18.2 Å². The number of anilines is 2. The summed E-state index contributed by atoms with van der Waals surface area (Å²) in [7, 11) is 0. The highest BCUT2D eigenvalue weighted by atomic mass is 16.4. The van der Waals surface area contributed by atoms with E-state index in [1.807, 2.05) is 4.90 Å². The van der Waals surface area contributed by atoms with E-state index in [1.54, 1.807) is 12.1 Å². The molecule has 1 aliphatic carbocycles. The second-order valence-electron chi connectivity index (χ2n) is 5.11. The van der Waals surface area contributed by atoms with Crippen molar-refractivity contribution in [1.82, 2.24) is 0 Å². The minimum Gasteiger partial charge on any atom is -0.478 e. The number of carboxylic acids is 1. The molecule has 2 rings (SSSR count). The van der Waals surface area contributed by atoms with E-state index in [0.29, 0.717) is 5.69 Å². The summed E-state index contributed by atoms with van der Waals surface area (Å²) < 4.78 is 0. The molecule has 0 radical (unpaired) electrons. The third kappa shape index (κ3) is 3.01. The molecular formula is C14H19N3O3. The number of rotatable bonds is 5. The summed E-state index contributed by atoms with van der Waals surface area (Å²) >= 11 is 0. The van der Waals surface area contributed by atoms with Gasteiger partial charge in [0.05, 0.1) is 12.1 Å². The molecule has 1 amide bonds. The van der Waals surface area contributed by atoms with Gasteiger partial charge in [-0.15, -0.1) is 0 Å². The Balaban J connectivity index is 2.34. The van der Waals surface area contributed by atoms with Gasteiger partial charge in [0.15, 0.2) is 0 Å². The number of hydrogen-bond donors (Lipinski definition) is 3. The monoisotopic (exact) mass is 277 g/mol. The van der Waals surface area contributed by atoms with E-state index in [1.165, 1.54) is 6.07 Å². The second kappa shape index (κ2) is 5.81. The molecule has 0 saturated heterocycles. The van der Waals surface area contributed by atoms with Crippen molar-refractivity contribution in [2.45, 2.75) is 31.7 Å². The largest absolute Gasteiger partial charge is 0.478 e. The summed E-state index contributed by atoms with van der Waals surface area (Å²) in [5.74, 6) is -1.50. The van der Waals surface area contributed by atoms with Crippen molar-refractivity contribution in [1.29, 1.82) is 0 Å². The fraction of sp³-hybridized carbons (Fsp3) is 0.429. The molecule has 108 valence electrons. The van der Waals surface area contributed by atoms with Crippen LogP contribution in [0, 0.1) is 0 Å². The molecule has 1 aliphatic rings. The van der Waals surface area contributed by atoms with E-state index in [-0.39, 0.29) is 23.8 Å². The Hall–Kier alpha value is -2.24. The summed E-state index contributed by atoms with van der Waals surface area (Å²) in [5.41, 5.74) is 11.9. The predicted octanol–water partition coefficient (Wildman–Crippen LogP) is 1.20. The minimum atomic E-state index is -1.07. The Kier molecular flexibility index (Phi) is 4.12. The quantitative estimate of drug-likeness (QED) is 0.700. The number of carbonyl (C=O) groups excluding carboxylic acids is 1. The van der Waals surface area contributed by atoms with E-state index < -0.39 is 11.9 Å². The first kappa shape index (κ1) is 14.2. The number of nitrogens with zero attached hydrogens (tertiary/aromatic N) is 1. The highest BCUT2D eigenvalue weighted by molar-refractivity contribution is 5.95. The van der Waals surface area contributed by atoms with Crippen LogP contribution in [0.3, 0.4) is 0 Å². The van der Waals surface area contributed by atoms with Crippen LogP contribution in [0.4, 0.5) is 11.4 Å². The molecule has 5 N–H and O–H groups in total. The Labute approximate surface area is 117 Å². The maximum atomic E-state index is 11.3. The summed E-state index contributed by atoms with van der Waals surface area (Å²) in [6.45, 7) is 0.0909. The van der Waals surface area contributed by atoms with E-state index in [2.05, 4.69) is 0 Å². The predicted molar refractivity (Wildman–Crippen MR) is 76.6 cm³/mol. The Morgan fingerprint density at radius 3 is 2.50 bits per heavy atom. The fourth-order valence-electron chi connectivity index (χ4n) is 2.72. The SMILES string of the molecule is NC(=O)CN(c1ccc(N)c(C(=O)O)c1)C1CCCC1. The number of benzene rings is 1. The zero-order valence-electron chi connectivity index (χ0n) is 11.2. The van der Waals surface area contributed by atoms with Gasteiger partial charge in [0.2, 0.25) is 5.91 Å². The van der Waals surface area contributed by atoms with Crippen LogP contribution in [0.1, 0.15) is 36.0 Å². The summed E-state index contributed by atoms with van der Waals surface area (Å²) in [6.07, 6.45) is 4.20. The Bertz CT molecular complexity index is 524. The van der Waals surface area contributed by atoms with Gasteiger partial charge in [-0.3, -0.25) is 4.79 Å². The average Bonchev–Trinajstić information content (AvgIpc) is 2.90. The summed E-state index contributed by atoms with van der Waals surface area (Å²) in [6, 6.07) is 5.04. The molecule has 0 spiro atoms. The maximum absolute atomic E-state index is 11.3. The van der Waals surface area contributed by atoms with Gasteiger partial charge in [-0.1, -0.05) is 12.8 Å². The van der Waals surface area contributed by atoms with Crippen molar-refractivity contribution in [2.75, 3.05) is 17.2 Å². The Morgan fingerprint density at radius 1 is 1.30 bits per heavy atom. The zero-order chi connectivity index (χ0) is 14.7. The van der Waals surface area contributed by atoms with Crippen LogP contribution in [0.5, 0.6) is 0 Å². The molecular weight excluding hydrogens is 258 g/mol. The van der Waals surface area contributed by atoms with Crippen molar-refractivity contribution < 1.29 is 14.7 Å². The lowest BCUT2D eigenvalue weighted by Crippen LogP contribution is -2.40. The molecule has 0 aliphatic heterocycles. The van der Waals surface area contributed by atoms with E-state index in [9.17, 15) is 9.59 Å². The molecule has 1 aromatic carbocycles. The molecule has 6 nitrogen and oxygen atoms in total. The van der Waals surface area contributed by atoms with Gasteiger partial charge >= 0.3 is 5.97 Å². The standard InChI is InChI=1S/C14H19N3O3/c15-12-6-5-10(7-11(12)14(19)20)17(8-13(16)18)9-3-1-2-4-9/h5-7,9H,1-4,8,15H2,(H2,16,18)(H,19,20). The molecule has 1 saturated carbocycles. The third-order valence-electron chi connectivity index (χ3n) is 3.69. The molecule has 20 heavy (non-hydrogen) atoms. The molecule has 0 atom stereocenters. The van der Waals surface area contributed by atoms with E-state index >= 15 is 0 Å². The Morgan fingerprint density at radius 2 is 1.95 bits per heavy atom. The highest BCUT2D eigenvalue weighted by Crippen LogP contribution is 2.29. The molecule has 0 bridgehead atoms. The number of nitrogen functional groups attached to an aromatic ring is 1. The van der Waals surface area contributed by atoms with Gasteiger partial charge in [0, 0.05) is 17.4 Å². The molecule has 0 heterocycles. The van der Waals surface area contributed by atoms with Crippen molar-refractivity contribution in [3.8, 4) is 0 Å². The van der Waals surface area contributed by atoms with E-state index in [4.69, 9.17) is 16.6 Å². The molecule has 1 aromatic rings. The minimum absolute atomic E-state index is 0.0509. The number of nitrogens with two attached hydrogens (primary N) is 2. The number of amides is 1. The molecule has 0 aromatic heterocycles. The van der Waals surface area contributed by atoms with Crippen molar-refractivity contribution in [2.24, 2.45) is 5.73 Å². The van der Waals surface area contributed by atoms with Gasteiger partial charge in [-0.05, 0) is 31.0 Å². The van der Waals surface area contributed by atoms with Crippen LogP contribution in [0.2, 0.25) is 0 Å². The fourth-order valence-corrected chi connectivity index (χ4v) is 2.72. The van der Waals surface area contributed by atoms with Gasteiger partial charge in [0.25, 0.3) is 0 Å². The first-order valence-electron chi connectivity index (χ1n) is 6.67. The number of carbonyl (C=O) groups is 2. The smallest absolute Gasteiger partial charge is 0.337 e. The number of aromatic carboxylic acids is 1. The summed E-state index contributed by atoms with van der Waals surface area (Å²) in [4.78, 5) is 24.3. The third-order valence-corrected chi connectivity index (χ3v) is 3.69. The van der Waals surface area contributed by atoms with Crippen LogP contribution < -0.4 is 16.4 Å². The van der Waals surface area contributed by atoms with Crippen LogP contribution in [-0.2, 0) is 4.79 Å². The van der Waals surface area contributed by atoms with Crippen molar-refractivity contribution in [3.05, 3.63) is 23.8 Å². The molecule has 0 unspecified atom stereocenters. The normalized spacial score (nSPS) is 15.2. The number of hydrogen-bond acceptors (Lipinski definition) is 4. The molecule has 6 heteroatoms. The van der Waals surface area contributed by atoms with Crippen molar-refractivity contribution >= 4 is 23.3 Å². The summed E-state index contributed by atoms with van der Waals surface area (Å²) in [5, 5.41) is 9.13. The van der Waals surface area contributed by atoms with E-state index in [0.717, 1.165) is 25.7 Å². The van der Waals surface area contributed by atoms with Crippen LogP contribution in [-0.4, -0.2) is 29.6 Å². The number of primary amides is 1. The zero-order valence-corrected chi connectivity index (χ0v) is 11.2. The lowest BCUT2D eigenvalue weighted by molar-refractivity contribution is -0.116. The van der Waals surface area contributed by atoms with Crippen LogP contribution >= 0.6 is 0 Å². The lowest BCUT2D eigenvalue weighted by atomic mass is 10.1. The lowest BCUT2D eigenvalue weighted by Gasteiger charge is -2.30. The van der Waals surface area contributed by atoms with Gasteiger partial charge in [-0.25, -0.2) is 4.79 Å². The average molecular weight is 277 g/mol. The van der Waals surface area contributed by atoms with Gasteiger partial charge < -0.3 is 21.5 Å². The van der Waals surface area contributed by atoms with Gasteiger partial charge in [-0.2, -0.15) is 0 Å². The first-order chi connectivity index (χ1) is 9.49. The van der Waals surface area contributed by atoms with Gasteiger partial charge in [0.1, 0.15) is 0 Å². The second-order valence-corrected chi connectivity index (χ2v) is 5.11. The highest BCUT2D eigenvalue weighted by Gasteiger charge is 2.25. The number of carboxylic acid groups (broad SMARTS) is 1. The maximum Gasteiger partial charge on any atom is 0.337 e. The molecule has 1 fully saturated rings.